The van der Waals surface area contributed by atoms with E-state index in [-0.39, 0.29) is 0 Å². The van der Waals surface area contributed by atoms with E-state index in [1.165, 1.54) is 5.56 Å². The Morgan fingerprint density at radius 3 is 2.60 bits per heavy atom. The first-order valence-electron chi connectivity index (χ1n) is 4.80. The molecule has 5 nitrogen and oxygen atoms in total. The summed E-state index contributed by atoms with van der Waals surface area (Å²) in [5.41, 5.74) is 6.82. The Kier molecular flexibility index (Phi) is 2.62. The second-order valence-electron chi connectivity index (χ2n) is 3.37. The number of aryl methyl sites for hydroxylation is 3. The van der Waals surface area contributed by atoms with Gasteiger partial charge in [-0.3, -0.25) is 4.98 Å². The maximum atomic E-state index is 5.59. The summed E-state index contributed by atoms with van der Waals surface area (Å²) in [7, 11) is 1.79. The molecule has 0 radical (unpaired) electrons. The van der Waals surface area contributed by atoms with Gasteiger partial charge in [0.2, 0.25) is 5.95 Å². The van der Waals surface area contributed by atoms with Crippen LogP contribution in [0.15, 0.2) is 24.5 Å². The molecule has 2 N–H and O–H groups in total. The number of nitrogens with zero attached hydrogens (tertiary/aromatic N) is 4. The number of hydrogen-bond acceptors (Lipinski definition) is 4. The second-order valence-corrected chi connectivity index (χ2v) is 3.37. The lowest BCUT2D eigenvalue weighted by atomic mass is 10.1. The molecule has 0 aliphatic heterocycles. The predicted molar refractivity (Wildman–Crippen MR) is 57.1 cm³/mol. The van der Waals surface area contributed by atoms with Gasteiger partial charge in [0.15, 0.2) is 5.82 Å². The second kappa shape index (κ2) is 4.08. The third-order valence-electron chi connectivity index (χ3n) is 2.23. The van der Waals surface area contributed by atoms with Crippen molar-refractivity contribution in [1.29, 1.82) is 0 Å². The molecule has 15 heavy (non-hydrogen) atoms. The molecule has 0 saturated heterocycles. The first-order chi connectivity index (χ1) is 7.25. The van der Waals surface area contributed by atoms with Gasteiger partial charge in [-0.2, -0.15) is 10.1 Å². The van der Waals surface area contributed by atoms with Gasteiger partial charge in [-0.15, -0.1) is 0 Å². The number of anilines is 1. The molecule has 0 aliphatic rings. The highest BCUT2D eigenvalue weighted by Crippen LogP contribution is 2.04. The van der Waals surface area contributed by atoms with E-state index in [0.717, 1.165) is 18.7 Å². The fourth-order valence-electron chi connectivity index (χ4n) is 1.36. The molecule has 2 aromatic heterocycles. The normalized spacial score (nSPS) is 10.5. The number of nitrogens with two attached hydrogens (primary N) is 1. The summed E-state index contributed by atoms with van der Waals surface area (Å²) in [5, 5.41) is 4.19. The van der Waals surface area contributed by atoms with E-state index >= 15 is 0 Å². The standard InChI is InChI=1S/C10H13N5/c1-15-10(11)13-9(14-15)3-2-8-4-6-12-7-5-8/h4-7H,2-3H2,1H3,(H2,11,13,14). The third-order valence-corrected chi connectivity index (χ3v) is 2.23. The van der Waals surface area contributed by atoms with E-state index in [2.05, 4.69) is 15.1 Å². The summed E-state index contributed by atoms with van der Waals surface area (Å²) >= 11 is 0. The van der Waals surface area contributed by atoms with Crippen molar-refractivity contribution in [2.24, 2.45) is 7.05 Å². The Morgan fingerprint density at radius 2 is 2.00 bits per heavy atom. The van der Waals surface area contributed by atoms with Gasteiger partial charge in [0.1, 0.15) is 0 Å². The van der Waals surface area contributed by atoms with Crippen molar-refractivity contribution in [3.63, 3.8) is 0 Å². The van der Waals surface area contributed by atoms with E-state index in [1.54, 1.807) is 24.1 Å². The number of pyridine rings is 1. The van der Waals surface area contributed by atoms with Crippen LogP contribution in [0.2, 0.25) is 0 Å². The van der Waals surface area contributed by atoms with Crippen LogP contribution in [-0.4, -0.2) is 19.7 Å². The highest BCUT2D eigenvalue weighted by atomic mass is 15.4. The first kappa shape index (κ1) is 9.64. The van der Waals surface area contributed by atoms with Gasteiger partial charge in [0.25, 0.3) is 0 Å². The van der Waals surface area contributed by atoms with Crippen LogP contribution in [0.4, 0.5) is 5.95 Å². The maximum absolute atomic E-state index is 5.59. The van der Waals surface area contributed by atoms with Crippen molar-refractivity contribution in [3.8, 4) is 0 Å². The fourth-order valence-corrected chi connectivity index (χ4v) is 1.36. The van der Waals surface area contributed by atoms with Crippen LogP contribution < -0.4 is 5.73 Å². The minimum atomic E-state index is 0.458. The van der Waals surface area contributed by atoms with Gasteiger partial charge in [-0.05, 0) is 24.1 Å². The zero-order valence-electron chi connectivity index (χ0n) is 8.59. The molecular formula is C10H13N5. The molecule has 2 heterocycles. The lowest BCUT2D eigenvalue weighted by Crippen LogP contribution is -1.98. The Balaban J connectivity index is 1.99. The molecule has 0 saturated carbocycles. The van der Waals surface area contributed by atoms with Gasteiger partial charge in [-0.25, -0.2) is 4.68 Å². The number of rotatable bonds is 3. The zero-order valence-corrected chi connectivity index (χ0v) is 8.59. The minimum absolute atomic E-state index is 0.458. The van der Waals surface area contributed by atoms with Crippen LogP contribution in [-0.2, 0) is 19.9 Å². The van der Waals surface area contributed by atoms with Gasteiger partial charge in [-0.1, -0.05) is 0 Å². The lowest BCUT2D eigenvalue weighted by molar-refractivity contribution is 0.744. The van der Waals surface area contributed by atoms with Crippen LogP contribution in [0, 0.1) is 0 Å². The maximum Gasteiger partial charge on any atom is 0.218 e. The van der Waals surface area contributed by atoms with Crippen LogP contribution in [0.1, 0.15) is 11.4 Å². The van der Waals surface area contributed by atoms with Crippen LogP contribution in [0.5, 0.6) is 0 Å². The molecule has 0 fully saturated rings. The van der Waals surface area contributed by atoms with Gasteiger partial charge >= 0.3 is 0 Å². The zero-order chi connectivity index (χ0) is 10.7. The van der Waals surface area contributed by atoms with Crippen LogP contribution in [0.3, 0.4) is 0 Å². The topological polar surface area (TPSA) is 69.6 Å². The quantitative estimate of drug-likeness (QED) is 0.792. The molecule has 0 unspecified atom stereocenters. The predicted octanol–water partition coefficient (Wildman–Crippen LogP) is 0.578. The first-order valence-corrected chi connectivity index (χ1v) is 4.80. The summed E-state index contributed by atoms with van der Waals surface area (Å²) < 4.78 is 1.59. The van der Waals surface area contributed by atoms with Crippen molar-refractivity contribution in [2.75, 3.05) is 5.73 Å². The van der Waals surface area contributed by atoms with Gasteiger partial charge in [0.05, 0.1) is 0 Å². The third kappa shape index (κ3) is 2.31. The van der Waals surface area contributed by atoms with Crippen molar-refractivity contribution < 1.29 is 0 Å². The Hall–Kier alpha value is -1.91. The molecule has 0 atom stereocenters. The van der Waals surface area contributed by atoms with E-state index in [1.807, 2.05) is 12.1 Å². The number of hydrogen-bond donors (Lipinski definition) is 1. The summed E-state index contributed by atoms with van der Waals surface area (Å²) in [6.07, 6.45) is 5.28. The number of nitrogen functional groups attached to an aromatic ring is 1. The number of aromatic nitrogens is 4. The summed E-state index contributed by atoms with van der Waals surface area (Å²) in [6, 6.07) is 3.98. The highest BCUT2D eigenvalue weighted by Gasteiger charge is 2.03. The van der Waals surface area contributed by atoms with Crippen molar-refractivity contribution >= 4 is 5.95 Å². The SMILES string of the molecule is Cn1nc(CCc2ccncc2)nc1N. The summed E-state index contributed by atoms with van der Waals surface area (Å²) in [6.45, 7) is 0. The van der Waals surface area contributed by atoms with Crippen LogP contribution >= 0.6 is 0 Å². The minimum Gasteiger partial charge on any atom is -0.368 e. The van der Waals surface area contributed by atoms with Crippen molar-refractivity contribution in [1.82, 2.24) is 19.7 Å². The van der Waals surface area contributed by atoms with Gasteiger partial charge < -0.3 is 5.73 Å². The summed E-state index contributed by atoms with van der Waals surface area (Å²) in [4.78, 5) is 8.10. The van der Waals surface area contributed by atoms with E-state index in [4.69, 9.17) is 5.73 Å². The molecule has 0 aromatic carbocycles. The van der Waals surface area contributed by atoms with E-state index in [9.17, 15) is 0 Å². The average Bonchev–Trinajstić information content (AvgIpc) is 2.57. The summed E-state index contributed by atoms with van der Waals surface area (Å²) in [5.74, 6) is 1.24. The molecule has 0 amide bonds. The van der Waals surface area contributed by atoms with Gasteiger partial charge in [0, 0.05) is 25.9 Å². The molecule has 2 rings (SSSR count). The lowest BCUT2D eigenvalue weighted by Gasteiger charge is -1.96. The van der Waals surface area contributed by atoms with Crippen LogP contribution in [0.25, 0.3) is 0 Å². The molecule has 0 bridgehead atoms. The molecule has 0 aliphatic carbocycles. The molecule has 2 aromatic rings. The van der Waals surface area contributed by atoms with Crippen molar-refractivity contribution in [3.05, 3.63) is 35.9 Å². The Morgan fingerprint density at radius 1 is 1.27 bits per heavy atom. The highest BCUT2D eigenvalue weighted by molar-refractivity contribution is 5.16. The van der Waals surface area contributed by atoms with E-state index in [0.29, 0.717) is 5.95 Å². The molecule has 0 spiro atoms. The van der Waals surface area contributed by atoms with Crippen molar-refractivity contribution in [2.45, 2.75) is 12.8 Å². The molecule has 5 heteroatoms. The Bertz CT molecular complexity index is 415. The fraction of sp³-hybridized carbons (Fsp3) is 0.300. The molecule has 78 valence electrons. The molecular weight excluding hydrogens is 190 g/mol. The smallest absolute Gasteiger partial charge is 0.218 e. The average molecular weight is 203 g/mol. The largest absolute Gasteiger partial charge is 0.368 e. The van der Waals surface area contributed by atoms with E-state index < -0.39 is 0 Å². The monoisotopic (exact) mass is 203 g/mol. The Labute approximate surface area is 88.0 Å².